The second-order valence-corrected chi connectivity index (χ2v) is 7.52. The molecule has 0 radical (unpaired) electrons. The molecule has 2 amide bonds. The number of amides is 2. The van der Waals surface area contributed by atoms with Crippen molar-refractivity contribution in [3.63, 3.8) is 0 Å². The summed E-state index contributed by atoms with van der Waals surface area (Å²) < 4.78 is 14.8. The number of hydrogen-bond donors (Lipinski definition) is 0. The van der Waals surface area contributed by atoms with E-state index in [0.717, 1.165) is 4.70 Å². The second kappa shape index (κ2) is 6.51. The van der Waals surface area contributed by atoms with Crippen molar-refractivity contribution in [2.45, 2.75) is 19.8 Å². The van der Waals surface area contributed by atoms with Gasteiger partial charge in [0.1, 0.15) is 5.82 Å². The van der Waals surface area contributed by atoms with E-state index in [9.17, 15) is 14.0 Å². The normalized spacial score (nSPS) is 15.8. The van der Waals surface area contributed by atoms with Crippen LogP contribution < -0.4 is 0 Å². The third-order valence-electron chi connectivity index (χ3n) is 4.67. The molecule has 2 heterocycles. The summed E-state index contributed by atoms with van der Waals surface area (Å²) in [6.07, 6.45) is 1.36. The maximum atomic E-state index is 14.0. The minimum Gasteiger partial charge on any atom is -0.349 e. The van der Waals surface area contributed by atoms with Gasteiger partial charge >= 0.3 is 0 Å². The van der Waals surface area contributed by atoms with Crippen molar-refractivity contribution in [3.8, 4) is 0 Å². The Bertz CT molecular complexity index is 792. The van der Waals surface area contributed by atoms with Crippen LogP contribution in [0.25, 0.3) is 10.1 Å². The molecule has 1 aromatic heterocycles. The van der Waals surface area contributed by atoms with Gasteiger partial charge in [0.05, 0.1) is 4.88 Å². The minimum absolute atomic E-state index is 0.00926. The molecule has 24 heavy (non-hydrogen) atoms. The van der Waals surface area contributed by atoms with Gasteiger partial charge in [0.15, 0.2) is 0 Å². The minimum atomic E-state index is -0.282. The first-order valence-electron chi connectivity index (χ1n) is 8.08. The number of carbonyl (C=O) groups is 2. The number of hydrogen-bond acceptors (Lipinski definition) is 3. The number of rotatable bonds is 2. The Morgan fingerprint density at radius 1 is 1.25 bits per heavy atom. The van der Waals surface area contributed by atoms with Crippen molar-refractivity contribution in [2.24, 2.45) is 5.92 Å². The molecule has 0 spiro atoms. The summed E-state index contributed by atoms with van der Waals surface area (Å²) in [5.74, 6) is -0.216. The summed E-state index contributed by atoms with van der Waals surface area (Å²) in [7, 11) is 3.52. The molecule has 0 N–H and O–H groups in total. The molecular weight excluding hydrogens is 327 g/mol. The van der Waals surface area contributed by atoms with E-state index in [1.165, 1.54) is 17.4 Å². The first kappa shape index (κ1) is 16.9. The van der Waals surface area contributed by atoms with Crippen LogP contribution in [0.5, 0.6) is 0 Å². The smallest absolute Gasteiger partial charge is 0.264 e. The van der Waals surface area contributed by atoms with E-state index >= 15 is 0 Å². The molecule has 1 aliphatic rings. The largest absolute Gasteiger partial charge is 0.349 e. The van der Waals surface area contributed by atoms with Crippen molar-refractivity contribution < 1.29 is 14.0 Å². The SMILES string of the molecule is Cc1c(C(=O)N2CCC(C(=O)N(C)C)CC2)sc2cccc(F)c12. The fourth-order valence-electron chi connectivity index (χ4n) is 3.30. The highest BCUT2D eigenvalue weighted by molar-refractivity contribution is 7.21. The molecule has 1 aromatic carbocycles. The molecule has 0 unspecified atom stereocenters. The van der Waals surface area contributed by atoms with E-state index in [-0.39, 0.29) is 23.5 Å². The van der Waals surface area contributed by atoms with Gasteiger partial charge in [0, 0.05) is 43.2 Å². The maximum Gasteiger partial charge on any atom is 0.264 e. The van der Waals surface area contributed by atoms with Crippen molar-refractivity contribution in [2.75, 3.05) is 27.2 Å². The molecule has 128 valence electrons. The average Bonchev–Trinajstić information content (AvgIpc) is 2.91. The number of aryl methyl sites for hydroxylation is 1. The van der Waals surface area contributed by atoms with Crippen LogP contribution in [-0.4, -0.2) is 48.8 Å². The van der Waals surface area contributed by atoms with Gasteiger partial charge in [-0.1, -0.05) is 6.07 Å². The zero-order valence-corrected chi connectivity index (χ0v) is 15.0. The molecule has 0 bridgehead atoms. The molecule has 4 nitrogen and oxygen atoms in total. The van der Waals surface area contributed by atoms with E-state index in [4.69, 9.17) is 0 Å². The Hall–Kier alpha value is -1.95. The number of carbonyl (C=O) groups excluding carboxylic acids is 2. The van der Waals surface area contributed by atoms with Gasteiger partial charge in [-0.15, -0.1) is 11.3 Å². The molecule has 1 fully saturated rings. The topological polar surface area (TPSA) is 40.6 Å². The Kier molecular flexibility index (Phi) is 4.58. The molecule has 1 aliphatic heterocycles. The summed E-state index contributed by atoms with van der Waals surface area (Å²) in [6.45, 7) is 2.94. The lowest BCUT2D eigenvalue weighted by Crippen LogP contribution is -2.42. The zero-order valence-electron chi connectivity index (χ0n) is 14.1. The van der Waals surface area contributed by atoms with Crippen LogP contribution in [0.1, 0.15) is 28.1 Å². The number of nitrogens with zero attached hydrogens (tertiary/aromatic N) is 2. The fourth-order valence-corrected chi connectivity index (χ4v) is 4.49. The van der Waals surface area contributed by atoms with E-state index < -0.39 is 0 Å². The summed E-state index contributed by atoms with van der Waals surface area (Å²) in [6, 6.07) is 4.93. The van der Waals surface area contributed by atoms with Gasteiger partial charge in [-0.3, -0.25) is 9.59 Å². The lowest BCUT2D eigenvalue weighted by atomic mass is 9.95. The highest BCUT2D eigenvalue weighted by Gasteiger charge is 2.30. The highest BCUT2D eigenvalue weighted by atomic mass is 32.1. The summed E-state index contributed by atoms with van der Waals surface area (Å²) in [5, 5.41) is 0.545. The molecule has 0 aliphatic carbocycles. The van der Waals surface area contributed by atoms with E-state index in [0.29, 0.717) is 41.8 Å². The van der Waals surface area contributed by atoms with E-state index in [1.807, 2.05) is 6.07 Å². The summed E-state index contributed by atoms with van der Waals surface area (Å²) in [4.78, 5) is 28.9. The highest BCUT2D eigenvalue weighted by Crippen LogP contribution is 2.34. The van der Waals surface area contributed by atoms with Crippen molar-refractivity contribution in [1.29, 1.82) is 0 Å². The van der Waals surface area contributed by atoms with Crippen LogP contribution in [0.2, 0.25) is 0 Å². The molecule has 3 rings (SSSR count). The van der Waals surface area contributed by atoms with E-state index in [1.54, 1.807) is 36.9 Å². The van der Waals surface area contributed by atoms with Gasteiger partial charge in [0.25, 0.3) is 5.91 Å². The summed E-state index contributed by atoms with van der Waals surface area (Å²) in [5.41, 5.74) is 0.713. The van der Waals surface area contributed by atoms with Crippen LogP contribution in [0.15, 0.2) is 18.2 Å². The van der Waals surface area contributed by atoms with Crippen molar-refractivity contribution in [3.05, 3.63) is 34.5 Å². The van der Waals surface area contributed by atoms with Crippen molar-refractivity contribution in [1.82, 2.24) is 9.80 Å². The first-order valence-corrected chi connectivity index (χ1v) is 8.90. The number of piperidine rings is 1. The standard InChI is InChI=1S/C18H21FN2O2S/c1-11-15-13(19)5-4-6-14(15)24-16(11)18(23)21-9-7-12(8-10-21)17(22)20(2)3/h4-6,12H,7-10H2,1-3H3. The van der Waals surface area contributed by atoms with Crippen molar-refractivity contribution >= 4 is 33.2 Å². The van der Waals surface area contributed by atoms with Crippen LogP contribution in [0.4, 0.5) is 4.39 Å². The van der Waals surface area contributed by atoms with Gasteiger partial charge in [0.2, 0.25) is 5.91 Å². The predicted octanol–water partition coefficient (Wildman–Crippen LogP) is 3.29. The lowest BCUT2D eigenvalue weighted by molar-refractivity contribution is -0.134. The number of likely N-dealkylation sites (tertiary alicyclic amines) is 1. The number of fused-ring (bicyclic) bond motifs is 1. The van der Waals surface area contributed by atoms with Crippen LogP contribution in [0.3, 0.4) is 0 Å². The van der Waals surface area contributed by atoms with Crippen LogP contribution in [0, 0.1) is 18.7 Å². The van der Waals surface area contributed by atoms with Crippen LogP contribution in [-0.2, 0) is 4.79 Å². The van der Waals surface area contributed by atoms with Gasteiger partial charge < -0.3 is 9.80 Å². The number of halogens is 1. The van der Waals surface area contributed by atoms with E-state index in [2.05, 4.69) is 0 Å². The number of benzene rings is 1. The molecule has 6 heteroatoms. The Balaban J connectivity index is 1.78. The first-order chi connectivity index (χ1) is 11.4. The second-order valence-electron chi connectivity index (χ2n) is 6.47. The molecule has 0 atom stereocenters. The predicted molar refractivity (Wildman–Crippen MR) is 93.8 cm³/mol. The zero-order chi connectivity index (χ0) is 17.4. The Labute approximate surface area is 144 Å². The molecule has 0 saturated carbocycles. The fraction of sp³-hybridized carbons (Fsp3) is 0.444. The van der Waals surface area contributed by atoms with Gasteiger partial charge in [-0.2, -0.15) is 0 Å². The number of thiophene rings is 1. The lowest BCUT2D eigenvalue weighted by Gasteiger charge is -2.32. The summed E-state index contributed by atoms with van der Waals surface area (Å²) >= 11 is 1.35. The van der Waals surface area contributed by atoms with Gasteiger partial charge in [-0.25, -0.2) is 4.39 Å². The quantitative estimate of drug-likeness (QED) is 0.836. The van der Waals surface area contributed by atoms with Crippen LogP contribution >= 0.6 is 11.3 Å². The Morgan fingerprint density at radius 2 is 1.92 bits per heavy atom. The Morgan fingerprint density at radius 3 is 2.50 bits per heavy atom. The molecular formula is C18H21FN2O2S. The third-order valence-corrected chi connectivity index (χ3v) is 5.91. The third kappa shape index (κ3) is 2.90. The van der Waals surface area contributed by atoms with Gasteiger partial charge in [-0.05, 0) is 37.5 Å². The maximum absolute atomic E-state index is 14.0. The molecule has 2 aromatic rings. The monoisotopic (exact) mass is 348 g/mol. The molecule has 1 saturated heterocycles. The average molecular weight is 348 g/mol.